The molecule has 0 atom stereocenters. The summed E-state index contributed by atoms with van der Waals surface area (Å²) in [6.07, 6.45) is 0. The molecular weight excluding hydrogens is 661 g/mol. The number of nitrogens with zero attached hydrogens (tertiary/aromatic N) is 4. The van der Waals surface area contributed by atoms with E-state index in [1.54, 1.807) is 0 Å². The normalized spacial score (nSPS) is 13.5. The van der Waals surface area contributed by atoms with Crippen molar-refractivity contribution in [2.75, 3.05) is 0 Å². The van der Waals surface area contributed by atoms with Gasteiger partial charge >= 0.3 is 0 Å². The van der Waals surface area contributed by atoms with Crippen LogP contribution in [0.25, 0.3) is 99.7 Å². The second-order valence-corrected chi connectivity index (χ2v) is 15.0. The van der Waals surface area contributed by atoms with Gasteiger partial charge in [-0.2, -0.15) is 0 Å². The van der Waals surface area contributed by atoms with Gasteiger partial charge in [0.2, 0.25) is 5.71 Å². The summed E-state index contributed by atoms with van der Waals surface area (Å²) in [5.41, 5.74) is 13.7. The van der Waals surface area contributed by atoms with E-state index in [1.165, 1.54) is 38.3 Å². The van der Waals surface area contributed by atoms with Gasteiger partial charge in [0.05, 0.1) is 38.8 Å². The zero-order valence-electron chi connectivity index (χ0n) is 29.7. The third-order valence-corrected chi connectivity index (χ3v) is 11.7. The van der Waals surface area contributed by atoms with Crippen LogP contribution in [-0.2, 0) is 5.41 Å². The van der Waals surface area contributed by atoms with Crippen molar-refractivity contribution in [1.29, 1.82) is 0 Å². The van der Waals surface area contributed by atoms with Crippen LogP contribution in [0.15, 0.2) is 162 Å². The van der Waals surface area contributed by atoms with Crippen molar-refractivity contribution in [3.8, 4) is 34.0 Å². The van der Waals surface area contributed by atoms with Crippen molar-refractivity contribution >= 4 is 65.7 Å². The molecule has 0 amide bonds. The van der Waals surface area contributed by atoms with Crippen LogP contribution >= 0.6 is 0 Å². The quantitative estimate of drug-likeness (QED) is 0.185. The number of aromatic nitrogens is 4. The van der Waals surface area contributed by atoms with Crippen LogP contribution in [0, 0.1) is 0 Å². The molecule has 0 radical (unpaired) electrons. The standard InChI is InChI=1S/C49H32N4O/c1-49(2)37-25-23-29(28-42(37)53-46-35(18-12-19-38(46)49)44-34-17-8-11-22-43(34)54-48(44)53)45-33-16-6-9-20-39(33)50-47(51-45)30-24-26-41-36(27-30)32-15-7-10-21-40(32)52(41)31-13-4-3-5-14-31/h3-28H,1-2H3. The maximum atomic E-state index is 6.70. The molecule has 0 saturated heterocycles. The topological polar surface area (TPSA) is 48.8 Å². The minimum atomic E-state index is -0.220. The molecule has 5 heteroatoms. The predicted molar refractivity (Wildman–Crippen MR) is 221 cm³/mol. The molecule has 0 fully saturated rings. The molecule has 1 aliphatic heterocycles. The van der Waals surface area contributed by atoms with Crippen molar-refractivity contribution in [1.82, 2.24) is 19.1 Å². The van der Waals surface area contributed by atoms with Crippen LogP contribution in [0.3, 0.4) is 0 Å². The van der Waals surface area contributed by atoms with E-state index in [-0.39, 0.29) is 5.41 Å². The summed E-state index contributed by atoms with van der Waals surface area (Å²) in [4.78, 5) is 10.6. The second-order valence-electron chi connectivity index (χ2n) is 15.0. The molecule has 0 bridgehead atoms. The highest BCUT2D eigenvalue weighted by atomic mass is 16.3. The largest absolute Gasteiger partial charge is 0.439 e. The number of furan rings is 1. The van der Waals surface area contributed by atoms with Gasteiger partial charge in [0.25, 0.3) is 0 Å². The van der Waals surface area contributed by atoms with Crippen LogP contribution < -0.4 is 0 Å². The smallest absolute Gasteiger partial charge is 0.213 e. The number of para-hydroxylation sites is 5. The Morgan fingerprint density at radius 1 is 0.519 bits per heavy atom. The van der Waals surface area contributed by atoms with Crippen LogP contribution in [-0.4, -0.2) is 19.1 Å². The maximum absolute atomic E-state index is 6.70. The molecule has 254 valence electrons. The average Bonchev–Trinajstić information content (AvgIpc) is 3.87. The lowest BCUT2D eigenvalue weighted by molar-refractivity contribution is 0.612. The van der Waals surface area contributed by atoms with Gasteiger partial charge in [0.1, 0.15) is 5.58 Å². The van der Waals surface area contributed by atoms with Crippen LogP contribution in [0.1, 0.15) is 25.0 Å². The van der Waals surface area contributed by atoms with Gasteiger partial charge in [0.15, 0.2) is 5.82 Å². The predicted octanol–water partition coefficient (Wildman–Crippen LogP) is 12.5. The van der Waals surface area contributed by atoms with E-state index < -0.39 is 0 Å². The Morgan fingerprint density at radius 2 is 1.24 bits per heavy atom. The summed E-state index contributed by atoms with van der Waals surface area (Å²) >= 11 is 0. The molecule has 0 N–H and O–H groups in total. The van der Waals surface area contributed by atoms with Gasteiger partial charge < -0.3 is 8.98 Å². The summed E-state index contributed by atoms with van der Waals surface area (Å²) in [5.74, 6) is 0.702. The molecule has 0 aliphatic carbocycles. The summed E-state index contributed by atoms with van der Waals surface area (Å²) in [6, 6.07) is 56.1. The van der Waals surface area contributed by atoms with E-state index in [9.17, 15) is 0 Å². The minimum Gasteiger partial charge on any atom is -0.439 e. The molecular formula is C49H32N4O. The molecule has 0 unspecified atom stereocenters. The zero-order chi connectivity index (χ0) is 35.7. The first-order valence-electron chi connectivity index (χ1n) is 18.5. The van der Waals surface area contributed by atoms with E-state index in [1.807, 2.05) is 6.07 Å². The lowest BCUT2D eigenvalue weighted by atomic mass is 9.74. The van der Waals surface area contributed by atoms with Gasteiger partial charge in [-0.1, -0.05) is 117 Å². The fourth-order valence-corrected chi connectivity index (χ4v) is 9.20. The first-order chi connectivity index (χ1) is 26.5. The number of hydrogen-bond donors (Lipinski definition) is 0. The summed E-state index contributed by atoms with van der Waals surface area (Å²) in [6.45, 7) is 4.67. The zero-order valence-corrected chi connectivity index (χ0v) is 29.7. The van der Waals surface area contributed by atoms with Gasteiger partial charge in [-0.15, -0.1) is 0 Å². The fourth-order valence-electron chi connectivity index (χ4n) is 9.20. The van der Waals surface area contributed by atoms with Crippen molar-refractivity contribution in [2.24, 2.45) is 0 Å². The summed E-state index contributed by atoms with van der Waals surface area (Å²) < 4.78 is 11.4. The van der Waals surface area contributed by atoms with Gasteiger partial charge in [-0.25, -0.2) is 9.97 Å². The Bertz CT molecular complexity index is 3360. The summed E-state index contributed by atoms with van der Waals surface area (Å²) in [5, 5.41) is 6.91. The Kier molecular flexibility index (Phi) is 5.78. The highest BCUT2D eigenvalue weighted by molar-refractivity contribution is 6.21. The van der Waals surface area contributed by atoms with Crippen molar-refractivity contribution in [3.63, 3.8) is 0 Å². The Labute approximate surface area is 310 Å². The molecule has 5 nitrogen and oxygen atoms in total. The molecule has 11 aromatic rings. The van der Waals surface area contributed by atoms with E-state index in [0.717, 1.165) is 66.7 Å². The highest BCUT2D eigenvalue weighted by Gasteiger charge is 2.36. The van der Waals surface area contributed by atoms with Crippen LogP contribution in [0.4, 0.5) is 0 Å². The molecule has 0 spiro atoms. The first-order valence-corrected chi connectivity index (χ1v) is 18.5. The SMILES string of the molecule is CC1(C)c2ccc(-c3nc(-c4ccc5c(c4)c4ccccc4n5-c4ccccc4)nc4ccccc34)cc2-n2c3oc4ccccc4c3c3cccc1c32. The van der Waals surface area contributed by atoms with Crippen molar-refractivity contribution in [3.05, 3.63) is 169 Å². The molecule has 7 aromatic carbocycles. The lowest BCUT2D eigenvalue weighted by Crippen LogP contribution is -2.26. The molecule has 4 aromatic heterocycles. The Balaban J connectivity index is 1.10. The number of fused-ring (bicyclic) bond motifs is 11. The van der Waals surface area contributed by atoms with Crippen LogP contribution in [0.5, 0.6) is 0 Å². The van der Waals surface area contributed by atoms with Gasteiger partial charge in [-0.05, 0) is 65.7 Å². The van der Waals surface area contributed by atoms with E-state index >= 15 is 0 Å². The summed E-state index contributed by atoms with van der Waals surface area (Å²) in [7, 11) is 0. The second kappa shape index (κ2) is 10.6. The van der Waals surface area contributed by atoms with Crippen molar-refractivity contribution in [2.45, 2.75) is 19.3 Å². The highest BCUT2D eigenvalue weighted by Crippen LogP contribution is 2.50. The third kappa shape index (κ3) is 3.88. The molecule has 0 saturated carbocycles. The number of benzene rings is 7. The first kappa shape index (κ1) is 29.6. The molecule has 1 aliphatic rings. The van der Waals surface area contributed by atoms with E-state index in [4.69, 9.17) is 14.4 Å². The minimum absolute atomic E-state index is 0.220. The Morgan fingerprint density at radius 3 is 2.13 bits per heavy atom. The van der Waals surface area contributed by atoms with Crippen molar-refractivity contribution < 1.29 is 4.42 Å². The number of rotatable bonds is 3. The average molecular weight is 693 g/mol. The van der Waals surface area contributed by atoms with Gasteiger partial charge in [0, 0.05) is 49.2 Å². The maximum Gasteiger partial charge on any atom is 0.213 e. The third-order valence-electron chi connectivity index (χ3n) is 11.7. The lowest BCUT2D eigenvalue weighted by Gasteiger charge is -2.34. The molecule has 54 heavy (non-hydrogen) atoms. The monoisotopic (exact) mass is 692 g/mol. The molecule has 12 rings (SSSR count). The van der Waals surface area contributed by atoms with Crippen LogP contribution in [0.2, 0.25) is 0 Å². The molecule has 5 heterocycles. The van der Waals surface area contributed by atoms with E-state index in [2.05, 4.69) is 175 Å². The fraction of sp³-hybridized carbons (Fsp3) is 0.0612. The number of hydrogen-bond acceptors (Lipinski definition) is 3. The van der Waals surface area contributed by atoms with E-state index in [0.29, 0.717) is 5.82 Å². The Hall–Kier alpha value is -6.98. The van der Waals surface area contributed by atoms with Gasteiger partial charge in [-0.3, -0.25) is 4.57 Å².